The van der Waals surface area contributed by atoms with Crippen LogP contribution < -0.4 is 9.46 Å². The van der Waals surface area contributed by atoms with Crippen LogP contribution in [0.5, 0.6) is 5.75 Å². The molecule has 0 heterocycles. The molecule has 2 atom stereocenters. The second kappa shape index (κ2) is 6.77. The van der Waals surface area contributed by atoms with Crippen LogP contribution in [0.25, 0.3) is 0 Å². The molecule has 6 heteroatoms. The summed E-state index contributed by atoms with van der Waals surface area (Å²) in [6.07, 6.45) is 4.11. The minimum Gasteiger partial charge on any atom is -0.495 e. The van der Waals surface area contributed by atoms with Crippen molar-refractivity contribution in [2.24, 2.45) is 5.92 Å². The molecular formula is C15H23NO4S. The van der Waals surface area contributed by atoms with E-state index in [2.05, 4.69) is 11.6 Å². The molecule has 2 rings (SSSR count). The Bertz CT molecular complexity index is 585. The predicted molar refractivity (Wildman–Crippen MR) is 80.7 cm³/mol. The molecule has 1 aliphatic rings. The van der Waals surface area contributed by atoms with Gasteiger partial charge in [0.25, 0.3) is 0 Å². The number of methoxy groups -OCH3 is 1. The van der Waals surface area contributed by atoms with Crippen molar-refractivity contribution in [1.82, 2.24) is 4.72 Å². The smallest absolute Gasteiger partial charge is 0.244 e. The third-order valence-electron chi connectivity index (χ3n) is 4.12. The topological polar surface area (TPSA) is 75.6 Å². The molecule has 0 spiro atoms. The van der Waals surface area contributed by atoms with Gasteiger partial charge in [0.05, 0.1) is 13.7 Å². The van der Waals surface area contributed by atoms with E-state index in [0.717, 1.165) is 25.7 Å². The van der Waals surface area contributed by atoms with Gasteiger partial charge in [-0.2, -0.15) is 0 Å². The van der Waals surface area contributed by atoms with Gasteiger partial charge in [-0.15, -0.1) is 0 Å². The Labute approximate surface area is 126 Å². The largest absolute Gasteiger partial charge is 0.495 e. The number of ether oxygens (including phenoxy) is 1. The molecule has 118 valence electrons. The Morgan fingerprint density at radius 1 is 1.33 bits per heavy atom. The lowest BCUT2D eigenvalue weighted by atomic mass is 9.87. The number of sulfonamides is 1. The number of rotatable bonds is 5. The second-order valence-corrected chi connectivity index (χ2v) is 7.32. The fraction of sp³-hybridized carbons (Fsp3) is 0.600. The lowest BCUT2D eigenvalue weighted by Gasteiger charge is -2.29. The zero-order valence-electron chi connectivity index (χ0n) is 12.5. The van der Waals surface area contributed by atoms with E-state index in [1.165, 1.54) is 13.2 Å². The zero-order chi connectivity index (χ0) is 15.5. The average molecular weight is 313 g/mol. The zero-order valence-corrected chi connectivity index (χ0v) is 13.3. The average Bonchev–Trinajstić information content (AvgIpc) is 2.48. The van der Waals surface area contributed by atoms with Crippen LogP contribution in [0.15, 0.2) is 23.1 Å². The summed E-state index contributed by atoms with van der Waals surface area (Å²) in [4.78, 5) is 0.0920. The summed E-state index contributed by atoms with van der Waals surface area (Å²) in [5.41, 5.74) is 0.549. The van der Waals surface area contributed by atoms with Crippen molar-refractivity contribution < 1.29 is 18.3 Å². The van der Waals surface area contributed by atoms with Crippen molar-refractivity contribution in [3.05, 3.63) is 23.8 Å². The van der Waals surface area contributed by atoms with E-state index in [9.17, 15) is 13.5 Å². The molecule has 21 heavy (non-hydrogen) atoms. The van der Waals surface area contributed by atoms with Crippen molar-refractivity contribution in [2.75, 3.05) is 7.11 Å². The lowest BCUT2D eigenvalue weighted by molar-refractivity contribution is 0.281. The molecule has 1 aromatic rings. The van der Waals surface area contributed by atoms with Gasteiger partial charge in [-0.1, -0.05) is 25.8 Å². The summed E-state index contributed by atoms with van der Waals surface area (Å²) < 4.78 is 33.2. The molecule has 0 saturated heterocycles. The van der Waals surface area contributed by atoms with Gasteiger partial charge in [0.15, 0.2) is 0 Å². The Morgan fingerprint density at radius 2 is 2.05 bits per heavy atom. The highest BCUT2D eigenvalue weighted by molar-refractivity contribution is 7.89. The Morgan fingerprint density at radius 3 is 2.67 bits per heavy atom. The molecule has 0 bridgehead atoms. The van der Waals surface area contributed by atoms with Gasteiger partial charge < -0.3 is 9.84 Å². The molecular weight excluding hydrogens is 290 g/mol. The monoisotopic (exact) mass is 313 g/mol. The first kappa shape index (κ1) is 16.3. The quantitative estimate of drug-likeness (QED) is 0.872. The highest BCUT2D eigenvalue weighted by atomic mass is 32.2. The van der Waals surface area contributed by atoms with Crippen LogP contribution in [0.3, 0.4) is 0 Å². The first-order chi connectivity index (χ1) is 9.97. The summed E-state index contributed by atoms with van der Waals surface area (Å²) in [5.74, 6) is 0.628. The van der Waals surface area contributed by atoms with Crippen LogP contribution in [-0.2, 0) is 16.6 Å². The van der Waals surface area contributed by atoms with Crippen LogP contribution in [-0.4, -0.2) is 26.7 Å². The van der Waals surface area contributed by atoms with E-state index in [1.54, 1.807) is 12.1 Å². The number of aliphatic hydroxyl groups is 1. The molecule has 1 saturated carbocycles. The minimum atomic E-state index is -3.65. The van der Waals surface area contributed by atoms with Gasteiger partial charge in [-0.05, 0) is 36.5 Å². The fourth-order valence-corrected chi connectivity index (χ4v) is 4.38. The Hall–Kier alpha value is -1.11. The molecule has 0 amide bonds. The van der Waals surface area contributed by atoms with Crippen molar-refractivity contribution in [2.45, 2.75) is 50.2 Å². The van der Waals surface area contributed by atoms with E-state index < -0.39 is 10.0 Å². The molecule has 0 aliphatic heterocycles. The number of nitrogens with one attached hydrogen (secondary N) is 1. The molecule has 5 nitrogen and oxygen atoms in total. The number of hydrogen-bond donors (Lipinski definition) is 2. The van der Waals surface area contributed by atoms with E-state index >= 15 is 0 Å². The maximum Gasteiger partial charge on any atom is 0.244 e. The summed E-state index contributed by atoms with van der Waals surface area (Å²) in [5, 5.41) is 9.20. The fourth-order valence-electron chi connectivity index (χ4n) is 2.78. The van der Waals surface area contributed by atoms with Gasteiger partial charge in [-0.3, -0.25) is 0 Å². The molecule has 2 unspecified atom stereocenters. The first-order valence-corrected chi connectivity index (χ1v) is 8.76. The summed E-state index contributed by atoms with van der Waals surface area (Å²) >= 11 is 0. The number of hydrogen-bond acceptors (Lipinski definition) is 4. The van der Waals surface area contributed by atoms with Crippen LogP contribution in [0.4, 0.5) is 0 Å². The van der Waals surface area contributed by atoms with Crippen LogP contribution >= 0.6 is 0 Å². The lowest BCUT2D eigenvalue weighted by Crippen LogP contribution is -2.41. The van der Waals surface area contributed by atoms with Crippen molar-refractivity contribution >= 4 is 10.0 Å². The van der Waals surface area contributed by atoms with Gasteiger partial charge in [0.2, 0.25) is 10.0 Å². The van der Waals surface area contributed by atoms with E-state index in [1.807, 2.05) is 0 Å². The van der Waals surface area contributed by atoms with Crippen LogP contribution in [0.1, 0.15) is 38.2 Å². The summed E-state index contributed by atoms with van der Waals surface area (Å²) in [7, 11) is -2.21. The van der Waals surface area contributed by atoms with E-state index in [0.29, 0.717) is 17.2 Å². The predicted octanol–water partition coefficient (Wildman–Crippen LogP) is 2.04. The van der Waals surface area contributed by atoms with Gasteiger partial charge in [0, 0.05) is 6.04 Å². The number of benzene rings is 1. The SMILES string of the molecule is COc1ccc(CO)cc1S(=O)(=O)NC1CCCCC1C. The maximum atomic E-state index is 12.6. The van der Waals surface area contributed by atoms with Gasteiger partial charge >= 0.3 is 0 Å². The Balaban J connectivity index is 2.30. The van der Waals surface area contributed by atoms with Crippen LogP contribution in [0.2, 0.25) is 0 Å². The first-order valence-electron chi connectivity index (χ1n) is 7.28. The highest BCUT2D eigenvalue weighted by Gasteiger charge is 2.28. The number of aliphatic hydroxyl groups excluding tert-OH is 1. The minimum absolute atomic E-state index is 0.0359. The van der Waals surface area contributed by atoms with E-state index in [-0.39, 0.29) is 17.5 Å². The van der Waals surface area contributed by atoms with Crippen molar-refractivity contribution in [3.8, 4) is 5.75 Å². The highest BCUT2D eigenvalue weighted by Crippen LogP contribution is 2.28. The molecule has 1 aliphatic carbocycles. The van der Waals surface area contributed by atoms with Gasteiger partial charge in [0.1, 0.15) is 10.6 Å². The van der Waals surface area contributed by atoms with Crippen molar-refractivity contribution in [3.63, 3.8) is 0 Å². The molecule has 0 radical (unpaired) electrons. The molecule has 1 fully saturated rings. The molecule has 0 aromatic heterocycles. The maximum absolute atomic E-state index is 12.6. The molecule has 1 aromatic carbocycles. The Kier molecular flexibility index (Phi) is 5.24. The van der Waals surface area contributed by atoms with Crippen LogP contribution in [0, 0.1) is 5.92 Å². The molecule has 2 N–H and O–H groups in total. The standard InChI is InChI=1S/C15H23NO4S/c1-11-5-3-4-6-13(11)16-21(18,19)15-9-12(10-17)7-8-14(15)20-2/h7-9,11,13,16-17H,3-6,10H2,1-2H3. The second-order valence-electron chi connectivity index (χ2n) is 5.63. The summed E-state index contributed by atoms with van der Waals surface area (Å²) in [6, 6.07) is 4.66. The van der Waals surface area contributed by atoms with Crippen molar-refractivity contribution in [1.29, 1.82) is 0 Å². The summed E-state index contributed by atoms with van der Waals surface area (Å²) in [6.45, 7) is 1.88. The third-order valence-corrected chi connectivity index (χ3v) is 5.63. The van der Waals surface area contributed by atoms with Gasteiger partial charge in [-0.25, -0.2) is 13.1 Å². The van der Waals surface area contributed by atoms with E-state index in [4.69, 9.17) is 4.74 Å². The normalized spacial score (nSPS) is 23.0. The third kappa shape index (κ3) is 3.75.